The lowest BCUT2D eigenvalue weighted by Gasteiger charge is -2.22. The maximum atomic E-state index is 10.3. The van der Waals surface area contributed by atoms with Crippen molar-refractivity contribution in [3.8, 4) is 16.9 Å². The van der Waals surface area contributed by atoms with Crippen molar-refractivity contribution in [3.05, 3.63) is 75.4 Å². The lowest BCUT2D eigenvalue weighted by atomic mass is 10.00. The highest BCUT2D eigenvalue weighted by Crippen LogP contribution is 2.31. The minimum atomic E-state index is -0.636. The Kier molecular flexibility index (Phi) is 7.48. The number of hydrogen-bond acceptors (Lipinski definition) is 5. The molecule has 0 radical (unpaired) electrons. The molecule has 6 heteroatoms. The van der Waals surface area contributed by atoms with Crippen LogP contribution in [0.1, 0.15) is 10.4 Å². The molecule has 2 aromatic carbocycles. The molecule has 0 aliphatic carbocycles. The molecule has 0 aliphatic heterocycles. The Balaban J connectivity index is 1.61. The summed E-state index contributed by atoms with van der Waals surface area (Å²) in [7, 11) is 1.97. The first-order valence-electron chi connectivity index (χ1n) is 9.08. The third kappa shape index (κ3) is 5.34. The molecule has 1 heterocycles. The number of rotatable bonds is 9. The van der Waals surface area contributed by atoms with Crippen LogP contribution in [0.2, 0.25) is 5.02 Å². The van der Waals surface area contributed by atoms with Crippen molar-refractivity contribution < 1.29 is 14.9 Å². The standard InChI is InChI=1S/C22H24ClNO3S/c1-24(13-17(26)15-27-21-9-5-4-8-20(21)23)12-16-6-2-3-7-18(16)19-10-11-28-22(19)14-25/h2-11,17,25-26H,12-15H2,1H3. The molecule has 1 aromatic heterocycles. The Labute approximate surface area is 174 Å². The van der Waals surface area contributed by atoms with Gasteiger partial charge in [0, 0.05) is 18.0 Å². The van der Waals surface area contributed by atoms with E-state index in [1.165, 1.54) is 0 Å². The minimum Gasteiger partial charge on any atom is -0.489 e. The molecule has 1 atom stereocenters. The van der Waals surface area contributed by atoms with Crippen LogP contribution in [0.15, 0.2) is 60.0 Å². The lowest BCUT2D eigenvalue weighted by molar-refractivity contribution is 0.0745. The van der Waals surface area contributed by atoms with E-state index in [9.17, 15) is 10.2 Å². The number of halogens is 1. The van der Waals surface area contributed by atoms with Crippen LogP contribution in [0.4, 0.5) is 0 Å². The largest absolute Gasteiger partial charge is 0.489 e. The van der Waals surface area contributed by atoms with Gasteiger partial charge in [0.15, 0.2) is 0 Å². The summed E-state index contributed by atoms with van der Waals surface area (Å²) in [6, 6.07) is 17.4. The van der Waals surface area contributed by atoms with Gasteiger partial charge in [-0.2, -0.15) is 0 Å². The van der Waals surface area contributed by atoms with E-state index in [2.05, 4.69) is 17.0 Å². The SMILES string of the molecule is CN(Cc1ccccc1-c1ccsc1CO)CC(O)COc1ccccc1Cl. The van der Waals surface area contributed by atoms with Gasteiger partial charge in [0.1, 0.15) is 18.5 Å². The quantitative estimate of drug-likeness (QED) is 0.540. The van der Waals surface area contributed by atoms with Crippen molar-refractivity contribution >= 4 is 22.9 Å². The van der Waals surface area contributed by atoms with Gasteiger partial charge >= 0.3 is 0 Å². The van der Waals surface area contributed by atoms with Crippen molar-refractivity contribution in [2.75, 3.05) is 20.2 Å². The zero-order chi connectivity index (χ0) is 19.9. The van der Waals surface area contributed by atoms with E-state index < -0.39 is 6.10 Å². The van der Waals surface area contributed by atoms with Crippen molar-refractivity contribution in [2.24, 2.45) is 0 Å². The highest BCUT2D eigenvalue weighted by Gasteiger charge is 2.14. The Morgan fingerprint density at radius 3 is 2.61 bits per heavy atom. The van der Waals surface area contributed by atoms with Crippen LogP contribution in [0, 0.1) is 0 Å². The molecular formula is C22H24ClNO3S. The summed E-state index contributed by atoms with van der Waals surface area (Å²) < 4.78 is 5.63. The normalized spacial score (nSPS) is 12.3. The van der Waals surface area contributed by atoms with Crippen LogP contribution in [0.5, 0.6) is 5.75 Å². The second kappa shape index (κ2) is 10.0. The third-order valence-corrected chi connectivity index (χ3v) is 5.65. The highest BCUT2D eigenvalue weighted by molar-refractivity contribution is 7.10. The zero-order valence-electron chi connectivity index (χ0n) is 15.7. The molecule has 0 saturated heterocycles. The molecule has 0 aliphatic rings. The van der Waals surface area contributed by atoms with Gasteiger partial charge in [0.25, 0.3) is 0 Å². The average molecular weight is 418 g/mol. The summed E-state index contributed by atoms with van der Waals surface area (Å²) in [5.41, 5.74) is 3.33. The number of hydrogen-bond donors (Lipinski definition) is 2. The first kappa shape index (κ1) is 20.8. The number of benzene rings is 2. The summed E-state index contributed by atoms with van der Waals surface area (Å²) in [5.74, 6) is 0.574. The predicted molar refractivity (Wildman–Crippen MR) is 115 cm³/mol. The Morgan fingerprint density at radius 2 is 1.82 bits per heavy atom. The molecule has 0 amide bonds. The highest BCUT2D eigenvalue weighted by atomic mass is 35.5. The summed E-state index contributed by atoms with van der Waals surface area (Å²) in [4.78, 5) is 3.02. The Morgan fingerprint density at radius 1 is 1.07 bits per heavy atom. The van der Waals surface area contributed by atoms with Gasteiger partial charge in [0.05, 0.1) is 11.6 Å². The van der Waals surface area contributed by atoms with Gasteiger partial charge in [-0.1, -0.05) is 48.0 Å². The lowest BCUT2D eigenvalue weighted by Crippen LogP contribution is -2.33. The molecule has 3 aromatic rings. The molecule has 0 spiro atoms. The Hall–Kier alpha value is -1.89. The van der Waals surface area contributed by atoms with Crippen LogP contribution in [0.3, 0.4) is 0 Å². The van der Waals surface area contributed by atoms with Crippen LogP contribution < -0.4 is 4.74 Å². The molecule has 3 rings (SSSR count). The topological polar surface area (TPSA) is 52.9 Å². The second-order valence-corrected chi connectivity index (χ2v) is 8.07. The second-order valence-electron chi connectivity index (χ2n) is 6.66. The molecule has 0 saturated carbocycles. The molecule has 2 N–H and O–H groups in total. The van der Waals surface area contributed by atoms with Gasteiger partial charge < -0.3 is 14.9 Å². The van der Waals surface area contributed by atoms with Crippen LogP contribution in [-0.2, 0) is 13.2 Å². The molecule has 28 heavy (non-hydrogen) atoms. The number of para-hydroxylation sites is 1. The number of ether oxygens (including phenoxy) is 1. The van der Waals surface area contributed by atoms with Crippen LogP contribution in [-0.4, -0.2) is 41.4 Å². The zero-order valence-corrected chi connectivity index (χ0v) is 17.3. The van der Waals surface area contributed by atoms with E-state index in [-0.39, 0.29) is 13.2 Å². The molecule has 1 unspecified atom stereocenters. The predicted octanol–water partition coefficient (Wildman–Crippen LogP) is 4.43. The van der Waals surface area contributed by atoms with Crippen LogP contribution >= 0.6 is 22.9 Å². The fourth-order valence-electron chi connectivity index (χ4n) is 3.14. The van der Waals surface area contributed by atoms with E-state index in [0.717, 1.165) is 21.6 Å². The first-order valence-corrected chi connectivity index (χ1v) is 10.3. The van der Waals surface area contributed by atoms with Gasteiger partial charge in [-0.3, -0.25) is 4.90 Å². The number of aliphatic hydroxyl groups is 2. The van der Waals surface area contributed by atoms with Crippen molar-refractivity contribution in [2.45, 2.75) is 19.3 Å². The van der Waals surface area contributed by atoms with E-state index in [4.69, 9.17) is 16.3 Å². The summed E-state index contributed by atoms with van der Waals surface area (Å²) in [6.45, 7) is 1.36. The van der Waals surface area contributed by atoms with E-state index >= 15 is 0 Å². The summed E-state index contributed by atoms with van der Waals surface area (Å²) in [6.07, 6.45) is -0.636. The molecule has 0 fully saturated rings. The van der Waals surface area contributed by atoms with E-state index in [1.54, 1.807) is 23.5 Å². The maximum Gasteiger partial charge on any atom is 0.138 e. The average Bonchev–Trinajstić information content (AvgIpc) is 3.16. The number of nitrogens with zero attached hydrogens (tertiary/aromatic N) is 1. The number of thiophene rings is 1. The Bertz CT molecular complexity index is 899. The fourth-order valence-corrected chi connectivity index (χ4v) is 4.08. The first-order chi connectivity index (χ1) is 13.6. The van der Waals surface area contributed by atoms with E-state index in [0.29, 0.717) is 23.9 Å². The van der Waals surface area contributed by atoms with Gasteiger partial charge in [-0.25, -0.2) is 0 Å². The monoisotopic (exact) mass is 417 g/mol. The number of aliphatic hydroxyl groups excluding tert-OH is 2. The molecular weight excluding hydrogens is 394 g/mol. The van der Waals surface area contributed by atoms with Gasteiger partial charge in [0.2, 0.25) is 0 Å². The van der Waals surface area contributed by atoms with Crippen molar-refractivity contribution in [3.63, 3.8) is 0 Å². The van der Waals surface area contributed by atoms with E-state index in [1.807, 2.05) is 42.8 Å². The molecule has 4 nitrogen and oxygen atoms in total. The van der Waals surface area contributed by atoms with Crippen molar-refractivity contribution in [1.29, 1.82) is 0 Å². The summed E-state index contributed by atoms with van der Waals surface area (Å²) in [5, 5.41) is 22.5. The molecule has 0 bridgehead atoms. The van der Waals surface area contributed by atoms with Gasteiger partial charge in [-0.15, -0.1) is 11.3 Å². The summed E-state index contributed by atoms with van der Waals surface area (Å²) >= 11 is 7.64. The van der Waals surface area contributed by atoms with Crippen molar-refractivity contribution in [1.82, 2.24) is 4.90 Å². The third-order valence-electron chi connectivity index (χ3n) is 4.43. The molecule has 148 valence electrons. The smallest absolute Gasteiger partial charge is 0.138 e. The van der Waals surface area contributed by atoms with Crippen LogP contribution in [0.25, 0.3) is 11.1 Å². The fraction of sp³-hybridized carbons (Fsp3) is 0.273. The minimum absolute atomic E-state index is 0.0370. The number of likely N-dealkylation sites (N-methyl/N-ethyl adjacent to an activating group) is 1. The maximum absolute atomic E-state index is 10.3. The van der Waals surface area contributed by atoms with Gasteiger partial charge in [-0.05, 0) is 47.3 Å².